The summed E-state index contributed by atoms with van der Waals surface area (Å²) in [5.41, 5.74) is 0.636. The lowest BCUT2D eigenvalue weighted by molar-refractivity contribution is -0.00751. The predicted molar refractivity (Wildman–Crippen MR) is 54.5 cm³/mol. The second-order valence-corrected chi connectivity index (χ2v) is 5.25. The molecule has 0 amide bonds. The fourth-order valence-electron chi connectivity index (χ4n) is 3.48. The summed E-state index contributed by atoms with van der Waals surface area (Å²) in [6.07, 6.45) is 10.6. The lowest BCUT2D eigenvalue weighted by Gasteiger charge is -2.47. The largest absolute Gasteiger partial charge is 0.393 e. The standard InChI is InChI=1S/C12H22O/c1-10-9-11(13)5-8-12(10)6-3-2-4-7-12/h10-11,13H,2-9H2,1H3/t10-,11?/m0/s1. The Morgan fingerprint density at radius 2 is 1.77 bits per heavy atom. The number of hydrogen-bond donors (Lipinski definition) is 1. The van der Waals surface area contributed by atoms with Crippen molar-refractivity contribution in [1.29, 1.82) is 0 Å². The first kappa shape index (κ1) is 9.51. The molecule has 76 valence electrons. The summed E-state index contributed by atoms with van der Waals surface area (Å²) >= 11 is 0. The van der Waals surface area contributed by atoms with Crippen molar-refractivity contribution >= 4 is 0 Å². The van der Waals surface area contributed by atoms with Gasteiger partial charge in [0.15, 0.2) is 0 Å². The molecule has 0 heterocycles. The van der Waals surface area contributed by atoms with E-state index in [1.807, 2.05) is 0 Å². The molecule has 0 aromatic carbocycles. The van der Waals surface area contributed by atoms with E-state index in [-0.39, 0.29) is 6.10 Å². The van der Waals surface area contributed by atoms with Gasteiger partial charge in [-0.15, -0.1) is 0 Å². The minimum Gasteiger partial charge on any atom is -0.393 e. The summed E-state index contributed by atoms with van der Waals surface area (Å²) in [4.78, 5) is 0. The molecule has 1 nitrogen and oxygen atoms in total. The van der Waals surface area contributed by atoms with Gasteiger partial charge in [-0.05, 0) is 43.4 Å². The second kappa shape index (κ2) is 3.61. The van der Waals surface area contributed by atoms with E-state index in [4.69, 9.17) is 0 Å². The van der Waals surface area contributed by atoms with Crippen LogP contribution < -0.4 is 0 Å². The van der Waals surface area contributed by atoms with Crippen LogP contribution in [-0.4, -0.2) is 11.2 Å². The first-order chi connectivity index (χ1) is 6.23. The van der Waals surface area contributed by atoms with E-state index in [0.29, 0.717) is 5.41 Å². The molecular formula is C12H22O. The molecule has 0 aromatic rings. The van der Waals surface area contributed by atoms with Gasteiger partial charge in [-0.3, -0.25) is 0 Å². The lowest BCUT2D eigenvalue weighted by atomic mass is 9.59. The third-order valence-electron chi connectivity index (χ3n) is 4.50. The van der Waals surface area contributed by atoms with Crippen molar-refractivity contribution in [1.82, 2.24) is 0 Å². The Balaban J connectivity index is 2.03. The highest BCUT2D eigenvalue weighted by Gasteiger charge is 2.40. The van der Waals surface area contributed by atoms with Gasteiger partial charge in [0.1, 0.15) is 0 Å². The maximum Gasteiger partial charge on any atom is 0.0543 e. The first-order valence-electron chi connectivity index (χ1n) is 5.91. The molecule has 1 heteroatoms. The van der Waals surface area contributed by atoms with Crippen LogP contribution in [-0.2, 0) is 0 Å². The zero-order chi connectivity index (χ0) is 9.31. The van der Waals surface area contributed by atoms with E-state index in [1.165, 1.54) is 38.5 Å². The van der Waals surface area contributed by atoms with Crippen LogP contribution >= 0.6 is 0 Å². The van der Waals surface area contributed by atoms with Crippen LogP contribution in [0.15, 0.2) is 0 Å². The Morgan fingerprint density at radius 3 is 2.38 bits per heavy atom. The monoisotopic (exact) mass is 182 g/mol. The third-order valence-corrected chi connectivity index (χ3v) is 4.50. The van der Waals surface area contributed by atoms with Crippen LogP contribution in [0.5, 0.6) is 0 Å². The summed E-state index contributed by atoms with van der Waals surface area (Å²) in [6, 6.07) is 0. The topological polar surface area (TPSA) is 20.2 Å². The molecular weight excluding hydrogens is 160 g/mol. The maximum atomic E-state index is 9.59. The van der Waals surface area contributed by atoms with Gasteiger partial charge in [0.25, 0.3) is 0 Å². The average molecular weight is 182 g/mol. The summed E-state index contributed by atoms with van der Waals surface area (Å²) in [5.74, 6) is 0.761. The summed E-state index contributed by atoms with van der Waals surface area (Å²) in [7, 11) is 0. The fourth-order valence-corrected chi connectivity index (χ4v) is 3.48. The minimum absolute atomic E-state index is 0.00236. The molecule has 2 saturated carbocycles. The molecule has 1 N–H and O–H groups in total. The van der Waals surface area contributed by atoms with E-state index >= 15 is 0 Å². The molecule has 2 rings (SSSR count). The minimum atomic E-state index is 0.00236. The van der Waals surface area contributed by atoms with Crippen LogP contribution in [0.3, 0.4) is 0 Å². The molecule has 1 spiro atoms. The van der Waals surface area contributed by atoms with Gasteiger partial charge >= 0.3 is 0 Å². The molecule has 0 radical (unpaired) electrons. The molecule has 0 bridgehead atoms. The Kier molecular flexibility index (Phi) is 2.64. The molecule has 2 aliphatic rings. The van der Waals surface area contributed by atoms with E-state index in [2.05, 4.69) is 6.92 Å². The highest BCUT2D eigenvalue weighted by Crippen LogP contribution is 2.50. The van der Waals surface area contributed by atoms with Crippen molar-refractivity contribution in [2.24, 2.45) is 11.3 Å². The van der Waals surface area contributed by atoms with E-state index in [9.17, 15) is 5.11 Å². The van der Waals surface area contributed by atoms with Crippen molar-refractivity contribution in [2.75, 3.05) is 0 Å². The lowest BCUT2D eigenvalue weighted by Crippen LogP contribution is -2.38. The Labute approximate surface area is 81.5 Å². The van der Waals surface area contributed by atoms with Gasteiger partial charge in [0, 0.05) is 0 Å². The second-order valence-electron chi connectivity index (χ2n) is 5.25. The number of rotatable bonds is 0. The summed E-state index contributed by atoms with van der Waals surface area (Å²) in [5, 5.41) is 9.59. The van der Waals surface area contributed by atoms with Crippen molar-refractivity contribution in [3.8, 4) is 0 Å². The Morgan fingerprint density at radius 1 is 1.08 bits per heavy atom. The van der Waals surface area contributed by atoms with Crippen molar-refractivity contribution < 1.29 is 5.11 Å². The summed E-state index contributed by atoms with van der Waals surface area (Å²) in [6.45, 7) is 2.35. The van der Waals surface area contributed by atoms with Gasteiger partial charge in [-0.1, -0.05) is 26.2 Å². The van der Waals surface area contributed by atoms with Gasteiger partial charge < -0.3 is 5.11 Å². The van der Waals surface area contributed by atoms with Crippen molar-refractivity contribution in [3.63, 3.8) is 0 Å². The highest BCUT2D eigenvalue weighted by atomic mass is 16.3. The van der Waals surface area contributed by atoms with Gasteiger partial charge in [-0.25, -0.2) is 0 Å². The van der Waals surface area contributed by atoms with E-state index in [0.717, 1.165) is 18.8 Å². The van der Waals surface area contributed by atoms with Crippen molar-refractivity contribution in [3.05, 3.63) is 0 Å². The van der Waals surface area contributed by atoms with Crippen molar-refractivity contribution in [2.45, 2.75) is 64.4 Å². The van der Waals surface area contributed by atoms with Gasteiger partial charge in [-0.2, -0.15) is 0 Å². The zero-order valence-corrected chi connectivity index (χ0v) is 8.76. The Bertz CT molecular complexity index is 170. The molecule has 0 saturated heterocycles. The van der Waals surface area contributed by atoms with Gasteiger partial charge in [0.05, 0.1) is 6.10 Å². The highest BCUT2D eigenvalue weighted by molar-refractivity contribution is 4.92. The number of aliphatic hydroxyl groups is 1. The quantitative estimate of drug-likeness (QED) is 0.610. The molecule has 13 heavy (non-hydrogen) atoms. The van der Waals surface area contributed by atoms with Gasteiger partial charge in [0.2, 0.25) is 0 Å². The maximum absolute atomic E-state index is 9.59. The van der Waals surface area contributed by atoms with E-state index < -0.39 is 0 Å². The zero-order valence-electron chi connectivity index (χ0n) is 8.76. The van der Waals surface area contributed by atoms with Crippen LogP contribution in [0.4, 0.5) is 0 Å². The normalized spacial score (nSPS) is 39.2. The smallest absolute Gasteiger partial charge is 0.0543 e. The fraction of sp³-hybridized carbons (Fsp3) is 1.00. The SMILES string of the molecule is C[C@H]1CC(O)CCC12CCCCC2. The number of aliphatic hydroxyl groups excluding tert-OH is 1. The Hall–Kier alpha value is -0.0400. The first-order valence-corrected chi connectivity index (χ1v) is 5.91. The molecule has 0 aliphatic heterocycles. The van der Waals surface area contributed by atoms with Crippen LogP contribution in [0.2, 0.25) is 0 Å². The molecule has 1 unspecified atom stereocenters. The predicted octanol–water partition coefficient (Wildman–Crippen LogP) is 3.12. The third kappa shape index (κ3) is 1.76. The van der Waals surface area contributed by atoms with E-state index in [1.54, 1.807) is 0 Å². The summed E-state index contributed by atoms with van der Waals surface area (Å²) < 4.78 is 0. The number of hydrogen-bond acceptors (Lipinski definition) is 1. The molecule has 2 fully saturated rings. The molecule has 0 aromatic heterocycles. The average Bonchev–Trinajstić information content (AvgIpc) is 2.14. The van der Waals surface area contributed by atoms with Crippen LogP contribution in [0.1, 0.15) is 58.3 Å². The van der Waals surface area contributed by atoms with Crippen LogP contribution in [0.25, 0.3) is 0 Å². The molecule has 2 atom stereocenters. The van der Waals surface area contributed by atoms with Crippen LogP contribution in [0, 0.1) is 11.3 Å². The molecule has 2 aliphatic carbocycles.